The number of hydrogen-bond acceptors (Lipinski definition) is 3. The molecule has 2 fully saturated rings. The minimum absolute atomic E-state index is 0.618. The van der Waals surface area contributed by atoms with E-state index in [9.17, 15) is 0 Å². The van der Waals surface area contributed by atoms with Crippen LogP contribution in [0.2, 0.25) is 0 Å². The summed E-state index contributed by atoms with van der Waals surface area (Å²) in [4.78, 5) is 9.38. The van der Waals surface area contributed by atoms with Crippen LogP contribution in [0.25, 0.3) is 0 Å². The first-order chi connectivity index (χ1) is 10.7. The Labute approximate surface area is 136 Å². The van der Waals surface area contributed by atoms with Gasteiger partial charge in [-0.25, -0.2) is 0 Å². The Balaban J connectivity index is 1.64. The van der Waals surface area contributed by atoms with Crippen LogP contribution in [0, 0.1) is 5.92 Å². The van der Waals surface area contributed by atoms with Crippen molar-refractivity contribution in [3.05, 3.63) is 0 Å². The van der Waals surface area contributed by atoms with Crippen molar-refractivity contribution >= 4 is 5.96 Å². The van der Waals surface area contributed by atoms with Crippen LogP contribution in [0.4, 0.5) is 0 Å². The van der Waals surface area contributed by atoms with E-state index in [0.29, 0.717) is 12.0 Å². The fourth-order valence-electron chi connectivity index (χ4n) is 3.44. The number of aliphatic imine (C=N–C) groups is 1. The molecule has 2 aliphatic rings. The van der Waals surface area contributed by atoms with E-state index in [4.69, 9.17) is 0 Å². The molecule has 1 heterocycles. The van der Waals surface area contributed by atoms with E-state index in [-0.39, 0.29) is 0 Å². The Bertz CT molecular complexity index is 330. The van der Waals surface area contributed by atoms with E-state index in [0.717, 1.165) is 12.5 Å². The first-order valence-corrected chi connectivity index (χ1v) is 9.05. The third-order valence-corrected chi connectivity index (χ3v) is 4.95. The van der Waals surface area contributed by atoms with Crippen LogP contribution in [0.5, 0.6) is 0 Å². The van der Waals surface area contributed by atoms with Gasteiger partial charge in [0.05, 0.1) is 0 Å². The molecule has 0 spiro atoms. The molecule has 1 atom stereocenters. The Morgan fingerprint density at radius 1 is 1.14 bits per heavy atom. The van der Waals surface area contributed by atoms with Crippen molar-refractivity contribution in [3.63, 3.8) is 0 Å². The summed E-state index contributed by atoms with van der Waals surface area (Å²) in [6.45, 7) is 9.32. The molecule has 5 nitrogen and oxygen atoms in total. The van der Waals surface area contributed by atoms with E-state index in [1.54, 1.807) is 0 Å². The molecule has 128 valence electrons. The molecule has 1 saturated carbocycles. The summed E-state index contributed by atoms with van der Waals surface area (Å²) in [6, 6.07) is 0.618. The highest BCUT2D eigenvalue weighted by atomic mass is 15.2. The lowest BCUT2D eigenvalue weighted by molar-refractivity contribution is 0.139. The van der Waals surface area contributed by atoms with Gasteiger partial charge in [-0.2, -0.15) is 0 Å². The Morgan fingerprint density at radius 2 is 1.82 bits per heavy atom. The van der Waals surface area contributed by atoms with Crippen molar-refractivity contribution in [2.75, 3.05) is 53.4 Å². The Morgan fingerprint density at radius 3 is 2.45 bits per heavy atom. The van der Waals surface area contributed by atoms with Crippen LogP contribution in [0.3, 0.4) is 0 Å². The first-order valence-electron chi connectivity index (χ1n) is 9.05. The molecule has 1 aliphatic carbocycles. The molecule has 0 bridgehead atoms. The number of nitrogens with one attached hydrogen (secondary N) is 2. The monoisotopic (exact) mass is 309 g/mol. The number of nitrogens with zero attached hydrogens (tertiary/aromatic N) is 3. The molecule has 22 heavy (non-hydrogen) atoms. The molecular weight excluding hydrogens is 274 g/mol. The van der Waals surface area contributed by atoms with Gasteiger partial charge >= 0.3 is 0 Å². The standard InChI is InChI=1S/C17H35N5/c1-15(14-22-11-9-21(3)10-12-22)13-19-17(18-2)20-16-7-5-4-6-8-16/h15-16H,4-14H2,1-3H3,(H2,18,19,20). The summed E-state index contributed by atoms with van der Waals surface area (Å²) in [5, 5.41) is 7.11. The highest BCUT2D eigenvalue weighted by molar-refractivity contribution is 5.79. The van der Waals surface area contributed by atoms with Gasteiger partial charge < -0.3 is 20.4 Å². The summed E-state index contributed by atoms with van der Waals surface area (Å²) in [5.41, 5.74) is 0. The zero-order chi connectivity index (χ0) is 15.8. The number of rotatable bonds is 5. The minimum Gasteiger partial charge on any atom is -0.356 e. The van der Waals surface area contributed by atoms with Gasteiger partial charge in [-0.3, -0.25) is 4.99 Å². The van der Waals surface area contributed by atoms with Gasteiger partial charge in [0.2, 0.25) is 0 Å². The SMILES string of the molecule is CN=C(NCC(C)CN1CCN(C)CC1)NC1CCCCC1. The second-order valence-corrected chi connectivity index (χ2v) is 7.14. The molecule has 2 rings (SSSR count). The van der Waals surface area contributed by atoms with Gasteiger partial charge in [-0.1, -0.05) is 26.2 Å². The molecule has 1 unspecified atom stereocenters. The van der Waals surface area contributed by atoms with E-state index in [1.807, 2.05) is 7.05 Å². The van der Waals surface area contributed by atoms with Gasteiger partial charge in [0.1, 0.15) is 0 Å². The van der Waals surface area contributed by atoms with Gasteiger partial charge in [0.25, 0.3) is 0 Å². The summed E-state index contributed by atoms with van der Waals surface area (Å²) in [7, 11) is 4.09. The van der Waals surface area contributed by atoms with Crippen molar-refractivity contribution in [2.24, 2.45) is 10.9 Å². The summed E-state index contributed by atoms with van der Waals surface area (Å²) in [6.07, 6.45) is 6.68. The van der Waals surface area contributed by atoms with Crippen LogP contribution in [0.1, 0.15) is 39.0 Å². The predicted octanol–water partition coefficient (Wildman–Crippen LogP) is 1.37. The zero-order valence-electron chi connectivity index (χ0n) is 14.8. The van der Waals surface area contributed by atoms with Crippen molar-refractivity contribution in [3.8, 4) is 0 Å². The molecule has 5 heteroatoms. The normalized spacial score (nSPS) is 24.2. The molecule has 0 aromatic heterocycles. The third-order valence-electron chi connectivity index (χ3n) is 4.95. The van der Waals surface area contributed by atoms with Crippen molar-refractivity contribution < 1.29 is 0 Å². The van der Waals surface area contributed by atoms with Gasteiger partial charge in [0, 0.05) is 52.4 Å². The van der Waals surface area contributed by atoms with Crippen molar-refractivity contribution in [1.29, 1.82) is 0 Å². The third kappa shape index (κ3) is 6.13. The largest absolute Gasteiger partial charge is 0.356 e. The van der Waals surface area contributed by atoms with E-state index >= 15 is 0 Å². The van der Waals surface area contributed by atoms with Crippen molar-refractivity contribution in [2.45, 2.75) is 45.1 Å². The molecule has 0 radical (unpaired) electrons. The fraction of sp³-hybridized carbons (Fsp3) is 0.941. The van der Waals surface area contributed by atoms with Crippen LogP contribution < -0.4 is 10.6 Å². The summed E-state index contributed by atoms with van der Waals surface area (Å²) >= 11 is 0. The maximum absolute atomic E-state index is 4.39. The molecule has 1 aliphatic heterocycles. The van der Waals surface area contributed by atoms with Crippen LogP contribution >= 0.6 is 0 Å². The van der Waals surface area contributed by atoms with Crippen LogP contribution in [-0.4, -0.2) is 75.2 Å². The Hall–Kier alpha value is -0.810. The highest BCUT2D eigenvalue weighted by Crippen LogP contribution is 2.17. The van der Waals surface area contributed by atoms with Crippen molar-refractivity contribution in [1.82, 2.24) is 20.4 Å². The number of piperazine rings is 1. The average molecular weight is 310 g/mol. The molecule has 1 saturated heterocycles. The maximum atomic E-state index is 4.39. The molecule has 2 N–H and O–H groups in total. The van der Waals surface area contributed by atoms with E-state index < -0.39 is 0 Å². The van der Waals surface area contributed by atoms with E-state index in [1.165, 1.54) is 64.8 Å². The molecule has 0 aromatic rings. The molecular formula is C17H35N5. The van der Waals surface area contributed by atoms with Crippen LogP contribution in [-0.2, 0) is 0 Å². The molecule has 0 aromatic carbocycles. The second kappa shape index (κ2) is 9.36. The highest BCUT2D eigenvalue weighted by Gasteiger charge is 2.17. The van der Waals surface area contributed by atoms with Gasteiger partial charge in [-0.15, -0.1) is 0 Å². The average Bonchev–Trinajstić information content (AvgIpc) is 2.54. The molecule has 0 amide bonds. The van der Waals surface area contributed by atoms with Gasteiger partial charge in [0.15, 0.2) is 5.96 Å². The first kappa shape index (κ1) is 17.5. The summed E-state index contributed by atoms with van der Waals surface area (Å²) in [5.74, 6) is 1.63. The lowest BCUT2D eigenvalue weighted by Crippen LogP contribution is -2.48. The number of likely N-dealkylation sites (N-methyl/N-ethyl adjacent to an activating group) is 1. The Kier molecular flexibility index (Phi) is 7.46. The lowest BCUT2D eigenvalue weighted by Gasteiger charge is -2.34. The fourth-order valence-corrected chi connectivity index (χ4v) is 3.44. The minimum atomic E-state index is 0.618. The topological polar surface area (TPSA) is 42.9 Å². The number of guanidine groups is 1. The number of hydrogen-bond donors (Lipinski definition) is 2. The predicted molar refractivity (Wildman–Crippen MR) is 94.5 cm³/mol. The van der Waals surface area contributed by atoms with E-state index in [2.05, 4.69) is 39.4 Å². The lowest BCUT2D eigenvalue weighted by atomic mass is 9.96. The zero-order valence-corrected chi connectivity index (χ0v) is 14.8. The van der Waals surface area contributed by atoms with Gasteiger partial charge in [-0.05, 0) is 25.8 Å². The maximum Gasteiger partial charge on any atom is 0.191 e. The van der Waals surface area contributed by atoms with Crippen LogP contribution in [0.15, 0.2) is 4.99 Å². The summed E-state index contributed by atoms with van der Waals surface area (Å²) < 4.78 is 0. The smallest absolute Gasteiger partial charge is 0.191 e. The second-order valence-electron chi connectivity index (χ2n) is 7.14. The quantitative estimate of drug-likeness (QED) is 0.595.